The summed E-state index contributed by atoms with van der Waals surface area (Å²) in [5.74, 6) is 0.837. The van der Waals surface area contributed by atoms with Gasteiger partial charge in [0.25, 0.3) is 0 Å². The highest BCUT2D eigenvalue weighted by Gasteiger charge is 2.51. The van der Waals surface area contributed by atoms with E-state index in [4.69, 9.17) is 0 Å². The molecule has 2 heterocycles. The van der Waals surface area contributed by atoms with Crippen LogP contribution < -0.4 is 0 Å². The Labute approximate surface area is 123 Å². The molecule has 2 fully saturated rings. The zero-order valence-corrected chi connectivity index (χ0v) is 12.9. The van der Waals surface area contributed by atoms with Crippen molar-refractivity contribution >= 4 is 0 Å². The summed E-state index contributed by atoms with van der Waals surface area (Å²) in [5.41, 5.74) is 3.88. The normalized spacial score (nSPS) is 31.6. The minimum absolute atomic E-state index is 0.562. The van der Waals surface area contributed by atoms with Gasteiger partial charge in [-0.15, -0.1) is 0 Å². The van der Waals surface area contributed by atoms with Crippen molar-refractivity contribution in [1.82, 2.24) is 4.90 Å². The summed E-state index contributed by atoms with van der Waals surface area (Å²) in [6, 6.07) is 9.24. The van der Waals surface area contributed by atoms with Gasteiger partial charge in [-0.1, -0.05) is 30.7 Å². The highest BCUT2D eigenvalue weighted by molar-refractivity contribution is 5.36. The summed E-state index contributed by atoms with van der Waals surface area (Å²) in [6.45, 7) is 2.65. The molecule has 0 aromatic heterocycles. The van der Waals surface area contributed by atoms with Crippen LogP contribution >= 0.6 is 0 Å². The molecule has 1 aromatic rings. The molecule has 2 unspecified atom stereocenters. The van der Waals surface area contributed by atoms with Crippen LogP contribution in [0.2, 0.25) is 0 Å². The van der Waals surface area contributed by atoms with Crippen LogP contribution in [-0.2, 0) is 11.2 Å². The first-order valence-corrected chi connectivity index (χ1v) is 8.05. The number of benzene rings is 1. The number of hydrogen-bond donors (Lipinski definition) is 0. The van der Waals surface area contributed by atoms with Crippen LogP contribution in [0.3, 0.4) is 0 Å². The van der Waals surface area contributed by atoms with Crippen molar-refractivity contribution in [3.63, 3.8) is 0 Å². The summed E-state index contributed by atoms with van der Waals surface area (Å²) in [5, 5.41) is 0. The average molecular weight is 273 g/mol. The van der Waals surface area contributed by atoms with E-state index in [-0.39, 0.29) is 0 Å². The van der Waals surface area contributed by atoms with Crippen molar-refractivity contribution in [1.29, 1.82) is 0 Å². The fraction of sp³-hybridized carbons (Fsp3) is 0.667. The second-order valence-electron chi connectivity index (χ2n) is 6.50. The molecule has 0 radical (unpaired) electrons. The van der Waals surface area contributed by atoms with E-state index in [2.05, 4.69) is 33.9 Å². The van der Waals surface area contributed by atoms with Gasteiger partial charge in [-0.05, 0) is 49.8 Å². The van der Waals surface area contributed by atoms with Crippen LogP contribution in [0.15, 0.2) is 24.3 Å². The zero-order valence-electron chi connectivity index (χ0n) is 12.9. The Bertz CT molecular complexity index is 454. The smallest absolute Gasteiger partial charge is 0.0351 e. The Balaban J connectivity index is 0.000000373. The van der Waals surface area contributed by atoms with Crippen LogP contribution in [0.25, 0.3) is 0 Å². The monoisotopic (exact) mass is 273 g/mol. The van der Waals surface area contributed by atoms with Gasteiger partial charge in [-0.25, -0.2) is 0 Å². The molecular weight excluding hydrogens is 246 g/mol. The number of nitrogens with zero attached hydrogens (tertiary/aromatic N) is 1. The Morgan fingerprint density at radius 1 is 1.10 bits per heavy atom. The summed E-state index contributed by atoms with van der Waals surface area (Å²) < 4.78 is 4.25. The predicted molar refractivity (Wildman–Crippen MR) is 83.2 cm³/mol. The lowest BCUT2D eigenvalue weighted by atomic mass is 9.79. The Hall–Kier alpha value is -0.860. The van der Waals surface area contributed by atoms with Crippen LogP contribution in [-0.4, -0.2) is 37.7 Å². The Kier molecular flexibility index (Phi) is 4.13. The Morgan fingerprint density at radius 2 is 1.85 bits per heavy atom. The van der Waals surface area contributed by atoms with Gasteiger partial charge >= 0.3 is 0 Å². The molecule has 2 heteroatoms. The maximum Gasteiger partial charge on any atom is 0.0351 e. The molecule has 1 aromatic carbocycles. The first-order chi connectivity index (χ1) is 9.81. The van der Waals surface area contributed by atoms with Gasteiger partial charge in [-0.2, -0.15) is 0 Å². The molecule has 1 spiro atoms. The van der Waals surface area contributed by atoms with Crippen LogP contribution in [0.5, 0.6) is 0 Å². The van der Waals surface area contributed by atoms with Gasteiger partial charge in [-0.3, -0.25) is 4.90 Å². The molecule has 110 valence electrons. The number of methoxy groups -OCH3 is 1. The fourth-order valence-electron chi connectivity index (χ4n) is 4.83. The van der Waals surface area contributed by atoms with Crippen molar-refractivity contribution in [2.75, 3.05) is 27.3 Å². The van der Waals surface area contributed by atoms with Crippen LogP contribution in [0.1, 0.15) is 49.1 Å². The van der Waals surface area contributed by atoms with E-state index >= 15 is 0 Å². The first-order valence-electron chi connectivity index (χ1n) is 8.05. The number of ether oxygens (including phenoxy) is 1. The van der Waals surface area contributed by atoms with Crippen molar-refractivity contribution in [3.05, 3.63) is 35.4 Å². The van der Waals surface area contributed by atoms with Gasteiger partial charge in [0.15, 0.2) is 0 Å². The fourth-order valence-corrected chi connectivity index (χ4v) is 4.83. The summed E-state index contributed by atoms with van der Waals surface area (Å²) in [6.07, 6.45) is 8.47. The average Bonchev–Trinajstić information content (AvgIpc) is 3.04. The van der Waals surface area contributed by atoms with Gasteiger partial charge in [0.1, 0.15) is 0 Å². The van der Waals surface area contributed by atoms with Crippen molar-refractivity contribution < 1.29 is 4.74 Å². The van der Waals surface area contributed by atoms with Crippen LogP contribution in [0, 0.1) is 0 Å². The second kappa shape index (κ2) is 5.87. The largest absolute Gasteiger partial charge is 0.388 e. The van der Waals surface area contributed by atoms with E-state index in [0.717, 1.165) is 5.92 Å². The lowest BCUT2D eigenvalue weighted by Crippen LogP contribution is -2.45. The predicted octanol–water partition coefficient (Wildman–Crippen LogP) is 3.61. The molecule has 0 amide bonds. The highest BCUT2D eigenvalue weighted by atomic mass is 16.4. The van der Waals surface area contributed by atoms with Crippen molar-refractivity contribution in [3.8, 4) is 0 Å². The minimum atomic E-state index is 0.562. The maximum absolute atomic E-state index is 4.25. The lowest BCUT2D eigenvalue weighted by Gasteiger charge is -2.39. The molecule has 2 aliphatic heterocycles. The van der Waals surface area contributed by atoms with E-state index in [1.165, 1.54) is 51.6 Å². The number of fused-ring (bicyclic) bond motifs is 2. The standard InChI is InChI=1S/C16H21N.C2H6O/c1-2-6-14-13(5-1)8-12-17-11-4-10-16(17)9-3-7-15(14)16;1-3-2/h1-2,5-6,15H,3-4,7-12H2;1-2H3. The van der Waals surface area contributed by atoms with Gasteiger partial charge in [0.05, 0.1) is 0 Å². The Morgan fingerprint density at radius 3 is 2.70 bits per heavy atom. The summed E-state index contributed by atoms with van der Waals surface area (Å²) >= 11 is 0. The van der Waals surface area contributed by atoms with Crippen molar-refractivity contribution in [2.24, 2.45) is 0 Å². The topological polar surface area (TPSA) is 12.5 Å². The molecule has 4 rings (SSSR count). The second-order valence-corrected chi connectivity index (χ2v) is 6.50. The SMILES string of the molecule is COC.c1ccc2c(c1)CCN1CCCC13CCCC23. The van der Waals surface area contributed by atoms with E-state index in [1.54, 1.807) is 25.3 Å². The van der Waals surface area contributed by atoms with Gasteiger partial charge in [0, 0.05) is 32.2 Å². The molecule has 1 saturated heterocycles. The summed E-state index contributed by atoms with van der Waals surface area (Å²) in [7, 11) is 3.25. The lowest BCUT2D eigenvalue weighted by molar-refractivity contribution is 0.133. The molecule has 20 heavy (non-hydrogen) atoms. The molecule has 1 saturated carbocycles. The minimum Gasteiger partial charge on any atom is -0.388 e. The molecule has 2 atom stereocenters. The molecule has 2 nitrogen and oxygen atoms in total. The third kappa shape index (κ3) is 2.19. The quantitative estimate of drug-likeness (QED) is 0.716. The van der Waals surface area contributed by atoms with E-state index in [1.807, 2.05) is 0 Å². The molecule has 1 aliphatic carbocycles. The molecule has 0 bridgehead atoms. The zero-order chi connectivity index (χ0) is 14.0. The van der Waals surface area contributed by atoms with E-state index < -0.39 is 0 Å². The number of hydrogen-bond acceptors (Lipinski definition) is 2. The highest BCUT2D eigenvalue weighted by Crippen LogP contribution is 2.53. The third-order valence-electron chi connectivity index (χ3n) is 5.50. The molecule has 0 N–H and O–H groups in total. The van der Waals surface area contributed by atoms with Gasteiger partial charge in [0.2, 0.25) is 0 Å². The molecule has 3 aliphatic rings. The van der Waals surface area contributed by atoms with Crippen LogP contribution in [0.4, 0.5) is 0 Å². The van der Waals surface area contributed by atoms with Gasteiger partial charge < -0.3 is 4.74 Å². The third-order valence-corrected chi connectivity index (χ3v) is 5.50. The summed E-state index contributed by atoms with van der Waals surface area (Å²) in [4.78, 5) is 2.84. The first kappa shape index (κ1) is 14.1. The van der Waals surface area contributed by atoms with E-state index in [9.17, 15) is 0 Å². The number of rotatable bonds is 0. The molecular formula is C18H27NO. The maximum atomic E-state index is 4.25. The van der Waals surface area contributed by atoms with E-state index in [0.29, 0.717) is 5.54 Å². The van der Waals surface area contributed by atoms with Crippen molar-refractivity contribution in [2.45, 2.75) is 50.0 Å².